The highest BCUT2D eigenvalue weighted by molar-refractivity contribution is 7.17. The molecule has 1 aliphatic carbocycles. The second kappa shape index (κ2) is 9.50. The second-order valence-corrected chi connectivity index (χ2v) is 8.82. The van der Waals surface area contributed by atoms with Gasteiger partial charge in [-0.25, -0.2) is 4.98 Å². The van der Waals surface area contributed by atoms with E-state index < -0.39 is 6.10 Å². The number of ether oxygens (including phenoxy) is 1. The van der Waals surface area contributed by atoms with E-state index in [1.54, 1.807) is 6.20 Å². The molecular formula is C18H31N3O3S. The van der Waals surface area contributed by atoms with Crippen molar-refractivity contribution in [2.45, 2.75) is 70.9 Å². The monoisotopic (exact) mass is 369 g/mol. The van der Waals surface area contributed by atoms with Gasteiger partial charge in [0.1, 0.15) is 17.7 Å². The molecule has 6 nitrogen and oxygen atoms in total. The van der Waals surface area contributed by atoms with Crippen LogP contribution in [0.4, 0.5) is 5.00 Å². The van der Waals surface area contributed by atoms with E-state index in [2.05, 4.69) is 15.6 Å². The van der Waals surface area contributed by atoms with Gasteiger partial charge >= 0.3 is 0 Å². The Morgan fingerprint density at radius 2 is 2.16 bits per heavy atom. The minimum Gasteiger partial charge on any atom is -0.467 e. The van der Waals surface area contributed by atoms with E-state index in [-0.39, 0.29) is 18.1 Å². The van der Waals surface area contributed by atoms with Crippen molar-refractivity contribution in [2.75, 3.05) is 18.5 Å². The summed E-state index contributed by atoms with van der Waals surface area (Å²) in [7, 11) is 0. The summed E-state index contributed by atoms with van der Waals surface area (Å²) >= 11 is 1.29. The van der Waals surface area contributed by atoms with Gasteiger partial charge in [0.2, 0.25) is 5.91 Å². The molecule has 1 heterocycles. The Kier molecular flexibility index (Phi) is 7.65. The van der Waals surface area contributed by atoms with Gasteiger partial charge in [0.15, 0.2) is 0 Å². The molecular weight excluding hydrogens is 338 g/mol. The summed E-state index contributed by atoms with van der Waals surface area (Å²) < 4.78 is 5.50. The van der Waals surface area contributed by atoms with Crippen LogP contribution in [-0.2, 0) is 4.79 Å². The molecule has 1 fully saturated rings. The molecule has 0 aliphatic heterocycles. The normalized spacial score (nSPS) is 16.8. The molecule has 25 heavy (non-hydrogen) atoms. The van der Waals surface area contributed by atoms with Crippen molar-refractivity contribution in [2.24, 2.45) is 5.92 Å². The van der Waals surface area contributed by atoms with E-state index >= 15 is 0 Å². The van der Waals surface area contributed by atoms with Gasteiger partial charge in [0.25, 0.3) is 5.19 Å². The predicted octanol–water partition coefficient (Wildman–Crippen LogP) is 3.18. The van der Waals surface area contributed by atoms with Crippen LogP contribution in [0, 0.1) is 5.92 Å². The maximum Gasteiger partial charge on any atom is 0.275 e. The molecule has 1 amide bonds. The zero-order valence-corrected chi connectivity index (χ0v) is 16.3. The van der Waals surface area contributed by atoms with Gasteiger partial charge in [0.05, 0.1) is 6.20 Å². The van der Waals surface area contributed by atoms with Crippen LogP contribution in [0.25, 0.3) is 0 Å². The maximum atomic E-state index is 12.0. The van der Waals surface area contributed by atoms with E-state index in [0.29, 0.717) is 29.1 Å². The fourth-order valence-corrected chi connectivity index (χ4v) is 3.56. The van der Waals surface area contributed by atoms with Crippen LogP contribution in [0.5, 0.6) is 5.19 Å². The number of anilines is 1. The van der Waals surface area contributed by atoms with E-state index in [0.717, 1.165) is 6.42 Å². The second-order valence-electron chi connectivity index (χ2n) is 7.82. The van der Waals surface area contributed by atoms with Crippen LogP contribution in [0.15, 0.2) is 6.20 Å². The summed E-state index contributed by atoms with van der Waals surface area (Å²) in [5.41, 5.74) is -0.0435. The lowest BCUT2D eigenvalue weighted by molar-refractivity contribution is -0.116. The number of rotatable bonds is 9. The van der Waals surface area contributed by atoms with Crippen molar-refractivity contribution in [1.82, 2.24) is 10.3 Å². The van der Waals surface area contributed by atoms with Crippen LogP contribution < -0.4 is 15.4 Å². The number of nitrogens with one attached hydrogen (secondary N) is 2. The smallest absolute Gasteiger partial charge is 0.275 e. The number of nitrogens with zero attached hydrogens (tertiary/aromatic N) is 1. The summed E-state index contributed by atoms with van der Waals surface area (Å²) in [6, 6.07) is 0. The minimum absolute atomic E-state index is 0.0384. The van der Waals surface area contributed by atoms with Crippen LogP contribution >= 0.6 is 11.3 Å². The summed E-state index contributed by atoms with van der Waals surface area (Å²) in [4.78, 5) is 16.1. The van der Waals surface area contributed by atoms with Crippen LogP contribution in [0.2, 0.25) is 0 Å². The lowest BCUT2D eigenvalue weighted by Gasteiger charge is -2.22. The lowest BCUT2D eigenvalue weighted by atomic mass is 10.0. The van der Waals surface area contributed by atoms with E-state index in [9.17, 15) is 9.90 Å². The van der Waals surface area contributed by atoms with E-state index in [4.69, 9.17) is 4.74 Å². The first-order valence-electron chi connectivity index (χ1n) is 9.13. The largest absolute Gasteiger partial charge is 0.467 e. The van der Waals surface area contributed by atoms with Crippen LogP contribution in [-0.4, -0.2) is 40.8 Å². The van der Waals surface area contributed by atoms with Crippen molar-refractivity contribution in [3.8, 4) is 5.19 Å². The van der Waals surface area contributed by atoms with Crippen molar-refractivity contribution >= 4 is 22.2 Å². The fraction of sp³-hybridized carbons (Fsp3) is 0.778. The van der Waals surface area contributed by atoms with Crippen molar-refractivity contribution in [1.29, 1.82) is 0 Å². The topological polar surface area (TPSA) is 83.5 Å². The molecule has 1 aromatic heterocycles. The number of amides is 1. The molecule has 0 bridgehead atoms. The molecule has 7 heteroatoms. The lowest BCUT2D eigenvalue weighted by Crippen LogP contribution is -2.42. The Bertz CT molecular complexity index is 536. The third kappa shape index (κ3) is 8.16. The average molecular weight is 370 g/mol. The first kappa shape index (κ1) is 20.1. The Balaban J connectivity index is 1.66. The predicted molar refractivity (Wildman–Crippen MR) is 101 cm³/mol. The molecule has 2 rings (SSSR count). The van der Waals surface area contributed by atoms with Crippen molar-refractivity contribution in [3.05, 3.63) is 6.20 Å². The Morgan fingerprint density at radius 1 is 1.44 bits per heavy atom. The molecule has 1 aromatic rings. The van der Waals surface area contributed by atoms with Gasteiger partial charge in [-0.05, 0) is 33.1 Å². The van der Waals surface area contributed by atoms with E-state index in [1.165, 1.54) is 37.0 Å². The maximum absolute atomic E-state index is 12.0. The summed E-state index contributed by atoms with van der Waals surface area (Å²) in [6.45, 7) is 6.76. The Morgan fingerprint density at radius 3 is 2.84 bits per heavy atom. The SMILES string of the molecule is CC(C)(C)NCC(O)COc1ncc(NC(=O)CCC2CCCC2)s1. The highest BCUT2D eigenvalue weighted by atomic mass is 32.1. The van der Waals surface area contributed by atoms with Crippen molar-refractivity contribution < 1.29 is 14.6 Å². The number of carbonyl (C=O) groups excluding carboxylic acids is 1. The van der Waals surface area contributed by atoms with Gasteiger partial charge in [-0.1, -0.05) is 37.0 Å². The standard InChI is InChI=1S/C18H31N3O3S/c1-18(2,3)20-10-14(22)12-24-17-19-11-16(25-17)21-15(23)9-8-13-6-4-5-7-13/h11,13-14,20,22H,4-10,12H2,1-3H3,(H,21,23). The summed E-state index contributed by atoms with van der Waals surface area (Å²) in [5.74, 6) is 0.755. The molecule has 0 saturated heterocycles. The summed E-state index contributed by atoms with van der Waals surface area (Å²) in [5, 5.41) is 17.2. The van der Waals surface area contributed by atoms with Gasteiger partial charge in [-0.2, -0.15) is 0 Å². The Hall–Kier alpha value is -1.18. The average Bonchev–Trinajstić information content (AvgIpc) is 3.20. The number of β-amino-alcohol motifs (C(OH)–C–C–N with tert-alkyl or cyclic N) is 1. The molecule has 0 spiro atoms. The molecule has 1 atom stereocenters. The number of thiazole rings is 1. The number of aliphatic hydroxyl groups is 1. The highest BCUT2D eigenvalue weighted by Gasteiger charge is 2.17. The molecule has 1 saturated carbocycles. The van der Waals surface area contributed by atoms with Crippen LogP contribution in [0.3, 0.4) is 0 Å². The van der Waals surface area contributed by atoms with Gasteiger partial charge in [-0.15, -0.1) is 0 Å². The summed E-state index contributed by atoms with van der Waals surface area (Å²) in [6.07, 6.45) is 7.67. The molecule has 142 valence electrons. The van der Waals surface area contributed by atoms with Crippen LogP contribution in [0.1, 0.15) is 59.3 Å². The molecule has 0 radical (unpaired) electrons. The van der Waals surface area contributed by atoms with E-state index in [1.807, 2.05) is 20.8 Å². The Labute approximate surface area is 154 Å². The van der Waals surface area contributed by atoms with Crippen molar-refractivity contribution in [3.63, 3.8) is 0 Å². The number of aromatic nitrogens is 1. The quantitative estimate of drug-likeness (QED) is 0.623. The zero-order chi connectivity index (χ0) is 18.3. The first-order chi connectivity index (χ1) is 11.8. The molecule has 3 N–H and O–H groups in total. The molecule has 1 aliphatic rings. The molecule has 0 aromatic carbocycles. The third-order valence-corrected chi connectivity index (χ3v) is 5.09. The number of carbonyl (C=O) groups is 1. The number of hydrogen-bond donors (Lipinski definition) is 3. The van der Waals surface area contributed by atoms with Gasteiger partial charge in [0, 0.05) is 18.5 Å². The number of hydrogen-bond acceptors (Lipinski definition) is 6. The van der Waals surface area contributed by atoms with Gasteiger partial charge < -0.3 is 20.5 Å². The fourth-order valence-electron chi connectivity index (χ4n) is 2.87. The molecule has 1 unspecified atom stereocenters. The minimum atomic E-state index is -0.604. The zero-order valence-electron chi connectivity index (χ0n) is 15.5. The first-order valence-corrected chi connectivity index (χ1v) is 9.95. The third-order valence-electron chi connectivity index (χ3n) is 4.27. The highest BCUT2D eigenvalue weighted by Crippen LogP contribution is 2.29. The van der Waals surface area contributed by atoms with Gasteiger partial charge in [-0.3, -0.25) is 4.79 Å². The number of aliphatic hydroxyl groups excluding tert-OH is 1.